The summed E-state index contributed by atoms with van der Waals surface area (Å²) in [6.07, 6.45) is 12.1. The maximum absolute atomic E-state index is 13.2. The van der Waals surface area contributed by atoms with Crippen LogP contribution in [0.2, 0.25) is 0 Å². The van der Waals surface area contributed by atoms with Gasteiger partial charge in [-0.15, -0.1) is 0 Å². The van der Waals surface area contributed by atoms with Crippen LogP contribution in [0.4, 0.5) is 5.69 Å². The first-order valence-corrected chi connectivity index (χ1v) is 13.3. The minimum Gasteiger partial charge on any atom is -0.508 e. The Bertz CT molecular complexity index is 1160. The van der Waals surface area contributed by atoms with E-state index >= 15 is 0 Å². The van der Waals surface area contributed by atoms with Crippen molar-refractivity contribution in [2.24, 2.45) is 11.8 Å². The van der Waals surface area contributed by atoms with Crippen LogP contribution in [-0.4, -0.2) is 24.0 Å². The number of aromatic hydroxyl groups is 1. The maximum atomic E-state index is 13.2. The smallest absolute Gasteiger partial charge is 0.168 e. The number of phenolic OH excluding ortho intramolecular Hbond substituents is 1. The molecule has 1 atom stereocenters. The molecule has 0 saturated heterocycles. The summed E-state index contributed by atoms with van der Waals surface area (Å²) >= 11 is 0. The van der Waals surface area contributed by atoms with E-state index in [1.807, 2.05) is 30.4 Å². The van der Waals surface area contributed by atoms with Gasteiger partial charge in [0.15, 0.2) is 17.3 Å². The summed E-state index contributed by atoms with van der Waals surface area (Å²) < 4.78 is 11.8. The molecule has 0 spiro atoms. The monoisotopic (exact) mass is 489 g/mol. The number of rotatable bonds is 10. The minimum absolute atomic E-state index is 0.0482. The number of carbonyl (C=O) groups is 1. The van der Waals surface area contributed by atoms with E-state index in [0.29, 0.717) is 17.4 Å². The van der Waals surface area contributed by atoms with E-state index in [9.17, 15) is 9.90 Å². The van der Waals surface area contributed by atoms with E-state index in [0.717, 1.165) is 53.8 Å². The number of hydrogen-bond acceptors (Lipinski definition) is 5. The zero-order valence-corrected chi connectivity index (χ0v) is 22.2. The summed E-state index contributed by atoms with van der Waals surface area (Å²) in [6, 6.07) is 9.42. The lowest BCUT2D eigenvalue weighted by Crippen LogP contribution is -2.31. The van der Waals surface area contributed by atoms with Crippen LogP contribution in [0.1, 0.15) is 81.3 Å². The van der Waals surface area contributed by atoms with Crippen LogP contribution in [0.25, 0.3) is 6.08 Å². The summed E-state index contributed by atoms with van der Waals surface area (Å²) in [6.45, 7) is 8.69. The van der Waals surface area contributed by atoms with Gasteiger partial charge >= 0.3 is 0 Å². The first kappa shape index (κ1) is 25.9. The van der Waals surface area contributed by atoms with E-state index in [2.05, 4.69) is 32.6 Å². The number of ketones is 1. The van der Waals surface area contributed by atoms with Crippen molar-refractivity contribution < 1.29 is 19.4 Å². The molecule has 0 radical (unpaired) electrons. The van der Waals surface area contributed by atoms with Gasteiger partial charge < -0.3 is 19.5 Å². The third kappa shape index (κ3) is 5.30. The molecule has 0 bridgehead atoms. The number of hydrogen-bond donors (Lipinski definition) is 1. The van der Waals surface area contributed by atoms with E-state index < -0.39 is 0 Å². The molecule has 0 fully saturated rings. The second-order valence-electron chi connectivity index (χ2n) is 10.3. The fourth-order valence-electron chi connectivity index (χ4n) is 5.70. The van der Waals surface area contributed by atoms with Gasteiger partial charge in [-0.1, -0.05) is 45.6 Å². The lowest BCUT2D eigenvalue weighted by atomic mass is 9.86. The standard InChI is InChI=1S/C31H39NO4/c1-6-8-21(9-7-2)14-24-15-23-17-30(29(35-5)18-27(23)31(24)34)36-19-25-11-10-22-16-26(33)12-13-28(22)32(25)20(3)4/h10-13,16-21,24,33H,6-9,14-15H2,1-5H3/b25-19-. The number of ether oxygens (including phenoxy) is 2. The molecule has 192 valence electrons. The molecule has 0 saturated carbocycles. The number of allylic oxidation sites excluding steroid dienone is 1. The zero-order valence-electron chi connectivity index (χ0n) is 22.2. The molecule has 1 heterocycles. The Morgan fingerprint density at radius 2 is 1.83 bits per heavy atom. The molecule has 2 aromatic carbocycles. The molecular formula is C31H39NO4. The Labute approximate surface area is 215 Å². The highest BCUT2D eigenvalue weighted by atomic mass is 16.5. The van der Waals surface area contributed by atoms with E-state index in [4.69, 9.17) is 9.47 Å². The van der Waals surface area contributed by atoms with Crippen LogP contribution in [0, 0.1) is 11.8 Å². The third-order valence-electron chi connectivity index (χ3n) is 7.31. The zero-order chi connectivity index (χ0) is 25.8. The van der Waals surface area contributed by atoms with Gasteiger partial charge in [-0.3, -0.25) is 4.79 Å². The predicted octanol–water partition coefficient (Wildman–Crippen LogP) is 7.52. The van der Waals surface area contributed by atoms with Crippen LogP contribution in [0.5, 0.6) is 17.2 Å². The summed E-state index contributed by atoms with van der Waals surface area (Å²) in [7, 11) is 1.61. The van der Waals surface area contributed by atoms with E-state index in [1.54, 1.807) is 25.5 Å². The van der Waals surface area contributed by atoms with E-state index in [1.165, 1.54) is 12.8 Å². The highest BCUT2D eigenvalue weighted by Gasteiger charge is 2.33. The fourth-order valence-corrected chi connectivity index (χ4v) is 5.70. The van der Waals surface area contributed by atoms with Gasteiger partial charge in [0.2, 0.25) is 0 Å². The van der Waals surface area contributed by atoms with Gasteiger partial charge in [-0.05, 0) is 74.6 Å². The van der Waals surface area contributed by atoms with Gasteiger partial charge in [0.05, 0.1) is 12.8 Å². The lowest BCUT2D eigenvalue weighted by molar-refractivity contribution is 0.0915. The highest BCUT2D eigenvalue weighted by molar-refractivity contribution is 6.03. The predicted molar refractivity (Wildman–Crippen MR) is 146 cm³/mol. The average molecular weight is 490 g/mol. The van der Waals surface area contributed by atoms with Crippen molar-refractivity contribution >= 4 is 17.5 Å². The van der Waals surface area contributed by atoms with Crippen LogP contribution in [0.3, 0.4) is 0 Å². The largest absolute Gasteiger partial charge is 0.508 e. The van der Waals surface area contributed by atoms with Crippen LogP contribution in [-0.2, 0) is 6.42 Å². The van der Waals surface area contributed by atoms with Crippen molar-refractivity contribution in [2.75, 3.05) is 12.0 Å². The van der Waals surface area contributed by atoms with Gasteiger partial charge in [-0.25, -0.2) is 0 Å². The Kier molecular flexibility index (Phi) is 8.07. The van der Waals surface area contributed by atoms with Crippen molar-refractivity contribution in [1.29, 1.82) is 0 Å². The lowest BCUT2D eigenvalue weighted by Gasteiger charge is -2.33. The molecule has 4 rings (SSSR count). The highest BCUT2D eigenvalue weighted by Crippen LogP contribution is 2.40. The van der Waals surface area contributed by atoms with Crippen molar-refractivity contribution in [1.82, 2.24) is 0 Å². The second-order valence-corrected chi connectivity index (χ2v) is 10.3. The van der Waals surface area contributed by atoms with Gasteiger partial charge in [-0.2, -0.15) is 0 Å². The SMILES string of the molecule is CCCC(CCC)CC1Cc2cc(O/C=C3/C=Cc4cc(O)ccc4N3C(C)C)c(OC)cc2C1=O. The number of methoxy groups -OCH3 is 1. The summed E-state index contributed by atoms with van der Waals surface area (Å²) in [4.78, 5) is 15.4. The number of Topliss-reactive ketones (excluding diaryl/α,β-unsaturated/α-hetero) is 1. The van der Waals surface area contributed by atoms with Gasteiger partial charge in [0.1, 0.15) is 12.0 Å². The number of phenols is 1. The van der Waals surface area contributed by atoms with Crippen LogP contribution in [0.15, 0.2) is 48.4 Å². The first-order chi connectivity index (χ1) is 17.4. The molecule has 1 aliphatic carbocycles. The minimum atomic E-state index is 0.0482. The maximum Gasteiger partial charge on any atom is 0.168 e. The Morgan fingerprint density at radius 1 is 1.08 bits per heavy atom. The molecule has 1 unspecified atom stereocenters. The van der Waals surface area contributed by atoms with Crippen molar-refractivity contribution in [3.8, 4) is 17.2 Å². The summed E-state index contributed by atoms with van der Waals surface area (Å²) in [5.74, 6) is 2.33. The van der Waals surface area contributed by atoms with Crippen LogP contribution >= 0.6 is 0 Å². The molecule has 5 nitrogen and oxygen atoms in total. The van der Waals surface area contributed by atoms with Crippen LogP contribution < -0.4 is 14.4 Å². The number of fused-ring (bicyclic) bond motifs is 2. The number of carbonyl (C=O) groups excluding carboxylic acids is 1. The number of benzene rings is 2. The summed E-state index contributed by atoms with van der Waals surface area (Å²) in [5.41, 5.74) is 4.71. The first-order valence-electron chi connectivity index (χ1n) is 13.3. The molecule has 1 N–H and O–H groups in total. The normalized spacial score (nSPS) is 17.8. The number of anilines is 1. The molecule has 5 heteroatoms. The second kappa shape index (κ2) is 11.2. The van der Waals surface area contributed by atoms with Gasteiger partial charge in [0.25, 0.3) is 0 Å². The molecule has 2 aliphatic rings. The topological polar surface area (TPSA) is 59.0 Å². The molecular weight excluding hydrogens is 450 g/mol. The quantitative estimate of drug-likeness (QED) is 0.350. The Balaban J connectivity index is 1.58. The van der Waals surface area contributed by atoms with Crippen molar-refractivity contribution in [3.05, 3.63) is 65.1 Å². The molecule has 2 aromatic rings. The summed E-state index contributed by atoms with van der Waals surface area (Å²) in [5, 5.41) is 9.87. The molecule has 0 amide bonds. The average Bonchev–Trinajstić information content (AvgIpc) is 3.15. The Morgan fingerprint density at radius 3 is 2.50 bits per heavy atom. The Hall–Kier alpha value is -3.21. The molecule has 0 aromatic heterocycles. The fraction of sp³-hybridized carbons (Fsp3) is 0.452. The molecule has 36 heavy (non-hydrogen) atoms. The van der Waals surface area contributed by atoms with Crippen molar-refractivity contribution in [3.63, 3.8) is 0 Å². The third-order valence-corrected chi connectivity index (χ3v) is 7.31. The number of nitrogens with zero attached hydrogens (tertiary/aromatic N) is 1. The molecule has 1 aliphatic heterocycles. The van der Waals surface area contributed by atoms with Crippen molar-refractivity contribution in [2.45, 2.75) is 72.3 Å². The van der Waals surface area contributed by atoms with E-state index in [-0.39, 0.29) is 23.5 Å². The van der Waals surface area contributed by atoms with Gasteiger partial charge in [0, 0.05) is 28.8 Å².